The smallest absolute Gasteiger partial charge is 0.308 e. The van der Waals surface area contributed by atoms with Gasteiger partial charge in [0.1, 0.15) is 11.4 Å². The van der Waals surface area contributed by atoms with Gasteiger partial charge in [0.15, 0.2) is 0 Å². The Kier molecular flexibility index (Phi) is 8.73. The second kappa shape index (κ2) is 11.7. The van der Waals surface area contributed by atoms with Gasteiger partial charge >= 0.3 is 5.97 Å². The van der Waals surface area contributed by atoms with Crippen LogP contribution in [0.3, 0.4) is 0 Å². The van der Waals surface area contributed by atoms with Crippen molar-refractivity contribution in [2.75, 3.05) is 18.1 Å². The van der Waals surface area contributed by atoms with Crippen LogP contribution in [0.15, 0.2) is 24.3 Å². The van der Waals surface area contributed by atoms with Crippen molar-refractivity contribution < 1.29 is 24.5 Å². The highest BCUT2D eigenvalue weighted by molar-refractivity contribution is 5.72. The maximum atomic E-state index is 11.7. The summed E-state index contributed by atoms with van der Waals surface area (Å²) >= 11 is 0. The molecule has 0 bridgehead atoms. The Morgan fingerprint density at radius 2 is 1.87 bits per heavy atom. The molecule has 2 aromatic rings. The van der Waals surface area contributed by atoms with Crippen molar-refractivity contribution in [2.24, 2.45) is 0 Å². The Bertz CT molecular complexity index is 1160. The number of fused-ring (bicyclic) bond motifs is 2. The molecule has 2 heterocycles. The molecule has 2 aliphatic heterocycles. The number of nitrogens with zero attached hydrogens (tertiary/aromatic N) is 1. The molecule has 208 valence electrons. The lowest BCUT2D eigenvalue weighted by Gasteiger charge is -2.36. The fourth-order valence-corrected chi connectivity index (χ4v) is 6.24. The van der Waals surface area contributed by atoms with Crippen LogP contribution < -0.4 is 9.64 Å². The van der Waals surface area contributed by atoms with Crippen LogP contribution >= 0.6 is 0 Å². The van der Waals surface area contributed by atoms with Gasteiger partial charge in [0.2, 0.25) is 0 Å². The van der Waals surface area contributed by atoms with Crippen LogP contribution in [0.1, 0.15) is 93.2 Å². The van der Waals surface area contributed by atoms with E-state index >= 15 is 0 Å². The number of aliphatic hydroxyl groups excluding tert-OH is 2. The topological polar surface area (TPSA) is 79.2 Å². The molecule has 2 aromatic carbocycles. The molecule has 0 spiro atoms. The average Bonchev–Trinajstić information content (AvgIpc) is 3.18. The molecule has 0 amide bonds. The summed E-state index contributed by atoms with van der Waals surface area (Å²) in [6, 6.07) is 8.73. The number of aliphatic hydroxyl groups is 2. The molecular formula is C32H45NO5. The summed E-state index contributed by atoms with van der Waals surface area (Å²) in [4.78, 5) is 14.3. The largest absolute Gasteiger partial charge is 0.487 e. The van der Waals surface area contributed by atoms with E-state index < -0.39 is 18.2 Å². The fraction of sp³-hybridized carbons (Fsp3) is 0.594. The van der Waals surface area contributed by atoms with Crippen molar-refractivity contribution in [3.63, 3.8) is 0 Å². The van der Waals surface area contributed by atoms with E-state index in [1.165, 1.54) is 39.1 Å². The molecule has 0 fully saturated rings. The minimum Gasteiger partial charge on any atom is -0.487 e. The fourth-order valence-electron chi connectivity index (χ4n) is 6.24. The standard InChI is InChI=1S/C32H45NO5/c1-7-37-28(36)17-25(35)16-24(34)12-13-26-29(20(2)3)30(21(4)27-18-32(5,6)38-31(26)27)33-15-14-22-10-8-9-11-23(22)19-33/h8-11,20,24-25,34-35H,7,12-19H2,1-6H3. The van der Waals surface area contributed by atoms with Gasteiger partial charge in [0, 0.05) is 36.3 Å². The lowest BCUT2D eigenvalue weighted by molar-refractivity contribution is -0.145. The van der Waals surface area contributed by atoms with Crippen molar-refractivity contribution >= 4 is 11.7 Å². The van der Waals surface area contributed by atoms with Crippen molar-refractivity contribution in [3.05, 3.63) is 57.6 Å². The maximum absolute atomic E-state index is 11.7. The number of hydrogen-bond donors (Lipinski definition) is 2. The highest BCUT2D eigenvalue weighted by Gasteiger charge is 2.37. The Hall–Kier alpha value is -2.57. The van der Waals surface area contributed by atoms with Crippen molar-refractivity contribution in [1.29, 1.82) is 0 Å². The lowest BCUT2D eigenvalue weighted by Crippen LogP contribution is -2.32. The normalized spacial score (nSPS) is 17.6. The van der Waals surface area contributed by atoms with Crippen LogP contribution in [0, 0.1) is 6.92 Å². The van der Waals surface area contributed by atoms with Gasteiger partial charge in [0.25, 0.3) is 0 Å². The molecule has 2 aliphatic rings. The van der Waals surface area contributed by atoms with E-state index in [1.807, 2.05) is 0 Å². The lowest BCUT2D eigenvalue weighted by atomic mass is 9.84. The molecule has 0 saturated carbocycles. The van der Waals surface area contributed by atoms with E-state index in [-0.39, 0.29) is 31.0 Å². The Labute approximate surface area is 228 Å². The molecule has 0 radical (unpaired) electrons. The molecule has 2 atom stereocenters. The van der Waals surface area contributed by atoms with Gasteiger partial charge in [0.05, 0.1) is 25.2 Å². The third kappa shape index (κ3) is 6.18. The van der Waals surface area contributed by atoms with Crippen LogP contribution in [0.25, 0.3) is 0 Å². The Morgan fingerprint density at radius 3 is 2.55 bits per heavy atom. The second-order valence-corrected chi connectivity index (χ2v) is 11.9. The SMILES string of the molecule is CCOC(=O)CC(O)CC(O)CCc1c2c(c(C)c(N3CCc4ccccc4C3)c1C(C)C)CC(C)(C)O2. The van der Waals surface area contributed by atoms with Crippen LogP contribution in [0.5, 0.6) is 5.75 Å². The summed E-state index contributed by atoms with van der Waals surface area (Å²) in [6.07, 6.45) is 1.42. The van der Waals surface area contributed by atoms with E-state index in [1.54, 1.807) is 6.92 Å². The van der Waals surface area contributed by atoms with E-state index in [2.05, 4.69) is 63.8 Å². The maximum Gasteiger partial charge on any atom is 0.308 e. The highest BCUT2D eigenvalue weighted by Crippen LogP contribution is 2.49. The number of carbonyl (C=O) groups is 1. The molecule has 2 N–H and O–H groups in total. The van der Waals surface area contributed by atoms with Crippen LogP contribution in [0.2, 0.25) is 0 Å². The monoisotopic (exact) mass is 523 g/mol. The van der Waals surface area contributed by atoms with Gasteiger partial charge in [-0.25, -0.2) is 0 Å². The zero-order valence-electron chi connectivity index (χ0n) is 24.0. The number of anilines is 1. The molecule has 0 aromatic heterocycles. The second-order valence-electron chi connectivity index (χ2n) is 11.9. The Morgan fingerprint density at radius 1 is 1.16 bits per heavy atom. The van der Waals surface area contributed by atoms with Gasteiger partial charge in [-0.2, -0.15) is 0 Å². The van der Waals surface area contributed by atoms with Gasteiger partial charge in [-0.15, -0.1) is 0 Å². The number of ether oxygens (including phenoxy) is 2. The summed E-state index contributed by atoms with van der Waals surface area (Å²) in [5.74, 6) is 0.825. The first kappa shape index (κ1) is 28.4. The average molecular weight is 524 g/mol. The van der Waals surface area contributed by atoms with Gasteiger partial charge in [-0.05, 0) is 81.5 Å². The van der Waals surface area contributed by atoms with E-state index in [0.29, 0.717) is 12.8 Å². The number of benzene rings is 2. The summed E-state index contributed by atoms with van der Waals surface area (Å²) in [5, 5.41) is 21.1. The quantitative estimate of drug-likeness (QED) is 0.407. The first-order valence-corrected chi connectivity index (χ1v) is 14.2. The van der Waals surface area contributed by atoms with Gasteiger partial charge in [-0.3, -0.25) is 4.79 Å². The zero-order chi connectivity index (χ0) is 27.6. The predicted molar refractivity (Wildman–Crippen MR) is 151 cm³/mol. The van der Waals surface area contributed by atoms with Gasteiger partial charge in [-0.1, -0.05) is 38.1 Å². The molecule has 6 heteroatoms. The number of esters is 1. The number of hydrogen-bond acceptors (Lipinski definition) is 6. The molecule has 38 heavy (non-hydrogen) atoms. The van der Waals surface area contributed by atoms with E-state index in [4.69, 9.17) is 9.47 Å². The predicted octanol–water partition coefficient (Wildman–Crippen LogP) is 5.39. The number of rotatable bonds is 10. The molecule has 2 unspecified atom stereocenters. The Balaban J connectivity index is 1.65. The zero-order valence-corrected chi connectivity index (χ0v) is 24.0. The van der Waals surface area contributed by atoms with E-state index in [9.17, 15) is 15.0 Å². The van der Waals surface area contributed by atoms with Crippen LogP contribution in [-0.4, -0.2) is 47.1 Å². The minimum atomic E-state index is -0.920. The first-order valence-electron chi connectivity index (χ1n) is 14.2. The molecule has 4 rings (SSSR count). The van der Waals surface area contributed by atoms with Crippen LogP contribution in [0.4, 0.5) is 5.69 Å². The van der Waals surface area contributed by atoms with Crippen molar-refractivity contribution in [1.82, 2.24) is 0 Å². The summed E-state index contributed by atoms with van der Waals surface area (Å²) in [7, 11) is 0. The first-order chi connectivity index (χ1) is 18.0. The number of carbonyl (C=O) groups excluding carboxylic acids is 1. The van der Waals surface area contributed by atoms with Crippen molar-refractivity contribution in [3.8, 4) is 5.75 Å². The van der Waals surface area contributed by atoms with Crippen LogP contribution in [-0.2, 0) is 35.3 Å². The molecule has 0 saturated heterocycles. The highest BCUT2D eigenvalue weighted by atomic mass is 16.5. The minimum absolute atomic E-state index is 0.0973. The molecule has 0 aliphatic carbocycles. The summed E-state index contributed by atoms with van der Waals surface area (Å²) < 4.78 is 11.5. The molecular weight excluding hydrogens is 478 g/mol. The summed E-state index contributed by atoms with van der Waals surface area (Å²) in [5.41, 5.74) is 8.93. The third-order valence-corrected chi connectivity index (χ3v) is 7.92. The summed E-state index contributed by atoms with van der Waals surface area (Å²) in [6.45, 7) is 14.9. The van der Waals surface area contributed by atoms with Crippen molar-refractivity contribution in [2.45, 2.75) is 110 Å². The molecule has 6 nitrogen and oxygen atoms in total. The van der Waals surface area contributed by atoms with E-state index in [0.717, 1.165) is 31.7 Å². The third-order valence-electron chi connectivity index (χ3n) is 7.92. The van der Waals surface area contributed by atoms with Gasteiger partial charge < -0.3 is 24.6 Å².